The van der Waals surface area contributed by atoms with Crippen LogP contribution in [0.15, 0.2) is 11.0 Å². The third-order valence-corrected chi connectivity index (χ3v) is 4.06. The van der Waals surface area contributed by atoms with E-state index in [1.807, 2.05) is 0 Å². The van der Waals surface area contributed by atoms with Gasteiger partial charge in [-0.1, -0.05) is 5.92 Å². The SMILES string of the molecule is CC#CC1(n2c(=O)n(C)c3cnc(Cl)nc32)CCOCC1. The topological polar surface area (TPSA) is 61.9 Å². The van der Waals surface area contributed by atoms with Crippen LogP contribution in [0, 0.1) is 11.8 Å². The molecular weight excluding hydrogens is 292 g/mol. The summed E-state index contributed by atoms with van der Waals surface area (Å²) >= 11 is 5.91. The number of halogens is 1. The van der Waals surface area contributed by atoms with E-state index in [0.717, 1.165) is 0 Å². The predicted octanol–water partition coefficient (Wildman–Crippen LogP) is 1.31. The molecule has 1 saturated heterocycles. The van der Waals surface area contributed by atoms with Crippen molar-refractivity contribution in [1.29, 1.82) is 0 Å². The minimum atomic E-state index is -0.596. The third kappa shape index (κ3) is 2.13. The van der Waals surface area contributed by atoms with Gasteiger partial charge in [-0.2, -0.15) is 4.98 Å². The van der Waals surface area contributed by atoms with E-state index in [2.05, 4.69) is 21.8 Å². The Balaban J connectivity index is 2.36. The summed E-state index contributed by atoms with van der Waals surface area (Å²) < 4.78 is 8.60. The second-order valence-corrected chi connectivity index (χ2v) is 5.38. The molecular formula is C14H15ClN4O2. The molecule has 0 spiro atoms. The summed E-state index contributed by atoms with van der Waals surface area (Å²) in [7, 11) is 1.70. The summed E-state index contributed by atoms with van der Waals surface area (Å²) in [5.74, 6) is 6.14. The van der Waals surface area contributed by atoms with Gasteiger partial charge in [0.15, 0.2) is 5.65 Å². The number of hydrogen-bond donors (Lipinski definition) is 0. The molecule has 1 aliphatic rings. The molecule has 0 unspecified atom stereocenters. The first-order valence-electron chi connectivity index (χ1n) is 6.71. The second-order valence-electron chi connectivity index (χ2n) is 5.04. The Morgan fingerprint density at radius 2 is 2.14 bits per heavy atom. The minimum Gasteiger partial charge on any atom is -0.381 e. The smallest absolute Gasteiger partial charge is 0.331 e. The molecule has 0 atom stereocenters. The molecule has 0 aliphatic carbocycles. The van der Waals surface area contributed by atoms with Gasteiger partial charge < -0.3 is 4.74 Å². The quantitative estimate of drug-likeness (QED) is 0.589. The summed E-state index contributed by atoms with van der Waals surface area (Å²) in [6, 6.07) is 0. The number of hydrogen-bond acceptors (Lipinski definition) is 4. The van der Waals surface area contributed by atoms with Crippen molar-refractivity contribution < 1.29 is 4.74 Å². The lowest BCUT2D eigenvalue weighted by molar-refractivity contribution is 0.0456. The van der Waals surface area contributed by atoms with Crippen molar-refractivity contribution in [2.24, 2.45) is 7.05 Å². The van der Waals surface area contributed by atoms with E-state index in [1.165, 1.54) is 4.57 Å². The zero-order valence-electron chi connectivity index (χ0n) is 11.9. The third-order valence-electron chi connectivity index (χ3n) is 3.88. The van der Waals surface area contributed by atoms with Gasteiger partial charge in [-0.15, -0.1) is 5.92 Å². The van der Waals surface area contributed by atoms with Crippen molar-refractivity contribution in [1.82, 2.24) is 19.1 Å². The maximum atomic E-state index is 12.7. The molecule has 0 aromatic carbocycles. The van der Waals surface area contributed by atoms with Crippen LogP contribution in [0.5, 0.6) is 0 Å². The summed E-state index contributed by atoms with van der Waals surface area (Å²) in [5.41, 5.74) is 0.410. The van der Waals surface area contributed by atoms with Gasteiger partial charge in [0.2, 0.25) is 5.28 Å². The van der Waals surface area contributed by atoms with Crippen LogP contribution in [-0.4, -0.2) is 32.3 Å². The summed E-state index contributed by atoms with van der Waals surface area (Å²) in [4.78, 5) is 20.9. The van der Waals surface area contributed by atoms with E-state index >= 15 is 0 Å². The van der Waals surface area contributed by atoms with Crippen LogP contribution in [-0.2, 0) is 17.3 Å². The molecule has 0 saturated carbocycles. The lowest BCUT2D eigenvalue weighted by Crippen LogP contribution is -2.44. The van der Waals surface area contributed by atoms with Gasteiger partial charge in [0.25, 0.3) is 0 Å². The highest BCUT2D eigenvalue weighted by molar-refractivity contribution is 6.28. The van der Waals surface area contributed by atoms with E-state index in [4.69, 9.17) is 16.3 Å². The molecule has 0 amide bonds. The molecule has 0 N–H and O–H groups in total. The fraction of sp³-hybridized carbons (Fsp3) is 0.500. The Morgan fingerprint density at radius 3 is 2.81 bits per heavy atom. The lowest BCUT2D eigenvalue weighted by atomic mass is 9.90. The first kappa shape index (κ1) is 14.1. The van der Waals surface area contributed by atoms with Crippen LogP contribution in [0.3, 0.4) is 0 Å². The van der Waals surface area contributed by atoms with E-state index in [9.17, 15) is 4.79 Å². The molecule has 1 fully saturated rings. The standard InChI is InChI=1S/C14H15ClN4O2/c1-3-4-14(5-7-21-8-6-14)19-11-10(18(2)13(19)20)9-16-12(15)17-11/h9H,5-8H2,1-2H3. The van der Waals surface area contributed by atoms with Crippen molar-refractivity contribution in [3.63, 3.8) is 0 Å². The van der Waals surface area contributed by atoms with Gasteiger partial charge in [0, 0.05) is 33.1 Å². The lowest BCUT2D eigenvalue weighted by Gasteiger charge is -2.33. The Hall–Kier alpha value is -1.84. The van der Waals surface area contributed by atoms with Gasteiger partial charge >= 0.3 is 5.69 Å². The fourth-order valence-electron chi connectivity index (χ4n) is 2.82. The van der Waals surface area contributed by atoms with Crippen molar-refractivity contribution in [3.05, 3.63) is 22.0 Å². The summed E-state index contributed by atoms with van der Waals surface area (Å²) in [6.45, 7) is 2.90. The normalized spacial score (nSPS) is 17.5. The monoisotopic (exact) mass is 306 g/mol. The van der Waals surface area contributed by atoms with Crippen molar-refractivity contribution >= 4 is 22.8 Å². The average Bonchev–Trinajstić information content (AvgIpc) is 2.72. The number of rotatable bonds is 1. The molecule has 2 aromatic rings. The molecule has 3 rings (SSSR count). The number of fused-ring (bicyclic) bond motifs is 1. The van der Waals surface area contributed by atoms with Crippen molar-refractivity contribution in [2.45, 2.75) is 25.3 Å². The Kier molecular flexibility index (Phi) is 3.47. The average molecular weight is 307 g/mol. The highest BCUT2D eigenvalue weighted by atomic mass is 35.5. The van der Waals surface area contributed by atoms with E-state index < -0.39 is 5.54 Å². The zero-order chi connectivity index (χ0) is 15.0. The molecule has 7 heteroatoms. The molecule has 2 aromatic heterocycles. The van der Waals surface area contributed by atoms with Crippen LogP contribution in [0.2, 0.25) is 5.28 Å². The van der Waals surface area contributed by atoms with Gasteiger partial charge in [-0.3, -0.25) is 9.13 Å². The van der Waals surface area contributed by atoms with Crippen LogP contribution in [0.1, 0.15) is 19.8 Å². The van der Waals surface area contributed by atoms with Crippen LogP contribution >= 0.6 is 11.6 Å². The zero-order valence-corrected chi connectivity index (χ0v) is 12.6. The van der Waals surface area contributed by atoms with Gasteiger partial charge in [-0.05, 0) is 18.5 Å². The minimum absolute atomic E-state index is 0.119. The largest absolute Gasteiger partial charge is 0.381 e. The number of ether oxygens (including phenoxy) is 1. The first-order chi connectivity index (χ1) is 10.1. The Morgan fingerprint density at radius 1 is 1.43 bits per heavy atom. The maximum absolute atomic E-state index is 12.7. The molecule has 3 heterocycles. The predicted molar refractivity (Wildman–Crippen MR) is 79.3 cm³/mol. The summed E-state index contributed by atoms with van der Waals surface area (Å²) in [5, 5.41) is 0.119. The Labute approximate surface area is 126 Å². The number of aryl methyl sites for hydroxylation is 1. The maximum Gasteiger partial charge on any atom is 0.331 e. The fourth-order valence-corrected chi connectivity index (χ4v) is 2.95. The van der Waals surface area contributed by atoms with Gasteiger partial charge in [0.05, 0.1) is 6.20 Å². The van der Waals surface area contributed by atoms with E-state index in [1.54, 1.807) is 24.7 Å². The molecule has 0 bridgehead atoms. The van der Waals surface area contributed by atoms with Gasteiger partial charge in [0.1, 0.15) is 11.1 Å². The molecule has 1 aliphatic heterocycles. The number of aromatic nitrogens is 4. The van der Waals surface area contributed by atoms with Crippen LogP contribution in [0.4, 0.5) is 0 Å². The van der Waals surface area contributed by atoms with Crippen LogP contribution in [0.25, 0.3) is 11.2 Å². The Bertz CT molecular complexity index is 806. The highest BCUT2D eigenvalue weighted by Crippen LogP contribution is 2.30. The second kappa shape index (κ2) is 5.17. The first-order valence-corrected chi connectivity index (χ1v) is 7.09. The summed E-state index contributed by atoms with van der Waals surface area (Å²) in [6.07, 6.45) is 2.86. The highest BCUT2D eigenvalue weighted by Gasteiger charge is 2.37. The van der Waals surface area contributed by atoms with Crippen molar-refractivity contribution in [2.75, 3.05) is 13.2 Å². The molecule has 110 valence electrons. The van der Waals surface area contributed by atoms with E-state index in [0.29, 0.717) is 37.2 Å². The van der Waals surface area contributed by atoms with E-state index in [-0.39, 0.29) is 11.0 Å². The molecule has 0 radical (unpaired) electrons. The van der Waals surface area contributed by atoms with Gasteiger partial charge in [-0.25, -0.2) is 9.78 Å². The number of nitrogens with zero attached hydrogens (tertiary/aromatic N) is 4. The molecule has 21 heavy (non-hydrogen) atoms. The number of imidazole rings is 1. The van der Waals surface area contributed by atoms with Crippen LogP contribution < -0.4 is 5.69 Å². The van der Waals surface area contributed by atoms with Crippen molar-refractivity contribution in [3.8, 4) is 11.8 Å². The molecule has 6 nitrogen and oxygen atoms in total.